The lowest BCUT2D eigenvalue weighted by molar-refractivity contribution is -0.870. The summed E-state index contributed by atoms with van der Waals surface area (Å²) in [6.07, 6.45) is 0.465. The number of amides is 3. The van der Waals surface area contributed by atoms with Gasteiger partial charge in [-0.05, 0) is 19.3 Å². The van der Waals surface area contributed by atoms with Gasteiger partial charge in [0.2, 0.25) is 17.7 Å². The van der Waals surface area contributed by atoms with Crippen LogP contribution in [0.5, 0.6) is 0 Å². The van der Waals surface area contributed by atoms with Crippen LogP contribution in [0.3, 0.4) is 0 Å². The third-order valence-electron chi connectivity index (χ3n) is 9.68. The van der Waals surface area contributed by atoms with Gasteiger partial charge < -0.3 is 78.8 Å². The molecule has 26 nitrogen and oxygen atoms in total. The number of aromatic nitrogens is 4. The first-order valence-corrected chi connectivity index (χ1v) is 26.2. The number of nitrogens with zero attached hydrogens (tertiary/aromatic N) is 5. The van der Waals surface area contributed by atoms with Crippen molar-refractivity contribution in [3.63, 3.8) is 0 Å². The van der Waals surface area contributed by atoms with E-state index in [1.807, 2.05) is 0 Å². The Labute approximate surface area is 381 Å². The van der Waals surface area contributed by atoms with Crippen LogP contribution in [0.15, 0.2) is 12.7 Å². The van der Waals surface area contributed by atoms with E-state index in [1.165, 1.54) is 57.8 Å². The number of nitrogens with one attached hydrogen (secondary N) is 3. The maximum atomic E-state index is 12.6. The minimum atomic E-state index is -5.92. The number of carbonyl (C=O) groups excluding carboxylic acids is 3. The summed E-state index contributed by atoms with van der Waals surface area (Å²) in [6.45, 7) is 2.01. The van der Waals surface area contributed by atoms with Crippen molar-refractivity contribution < 1.29 is 85.0 Å². The number of thioether (sulfide) groups is 1. The first kappa shape index (κ1) is 56.6. The van der Waals surface area contributed by atoms with Gasteiger partial charge in [0, 0.05) is 37.2 Å². The molecule has 1 fully saturated rings. The smallest absolute Gasteiger partial charge is 0.274 e. The number of ether oxygens (including phenoxy) is 1. The van der Waals surface area contributed by atoms with Gasteiger partial charge in [0.05, 0.1) is 60.8 Å². The molecule has 7 atom stereocenters. The predicted octanol–water partition coefficient (Wildman–Crippen LogP) is -1.84. The minimum Gasteiger partial charge on any atom is -0.790 e. The summed E-state index contributed by atoms with van der Waals surface area (Å²) < 4.78 is 61.7. The molecular formula is C35H61N9O17P3S-3. The van der Waals surface area contributed by atoms with Gasteiger partial charge in [-0.1, -0.05) is 39.5 Å². The summed E-state index contributed by atoms with van der Waals surface area (Å²) in [5, 5.41) is 29.3. The second-order valence-corrected chi connectivity index (χ2v) is 22.0. The molecule has 30 heteroatoms. The highest BCUT2D eigenvalue weighted by Gasteiger charge is 2.47. The van der Waals surface area contributed by atoms with Crippen molar-refractivity contribution in [2.24, 2.45) is 5.41 Å². The van der Waals surface area contributed by atoms with E-state index in [2.05, 4.69) is 69.9 Å². The Morgan fingerprint density at radius 1 is 0.923 bits per heavy atom. The van der Waals surface area contributed by atoms with Crippen LogP contribution >= 0.6 is 35.2 Å². The number of phosphoric ester groups is 3. The zero-order chi connectivity index (χ0) is 48.6. The number of anilines is 1. The summed E-state index contributed by atoms with van der Waals surface area (Å²) in [5.41, 5.74) is 4.09. The molecule has 3 rings (SSSR count). The maximum Gasteiger partial charge on any atom is 0.274 e. The highest BCUT2D eigenvalue weighted by Crippen LogP contribution is 2.56. The lowest BCUT2D eigenvalue weighted by atomic mass is 9.87. The molecule has 1 aliphatic heterocycles. The van der Waals surface area contributed by atoms with Crippen LogP contribution in [0, 0.1) is 5.41 Å². The molecule has 0 aromatic carbocycles. The topological polar surface area (TPSA) is 387 Å². The molecule has 7 N–H and O–H groups in total. The van der Waals surface area contributed by atoms with Crippen molar-refractivity contribution in [3.05, 3.63) is 12.7 Å². The number of nitrogen functional groups attached to an aromatic ring is 1. The third kappa shape index (κ3) is 20.6. The molecule has 3 amide bonds. The zero-order valence-corrected chi connectivity index (χ0v) is 40.4. The van der Waals surface area contributed by atoms with Crippen molar-refractivity contribution in [3.8, 4) is 0 Å². The highest BCUT2D eigenvalue weighted by atomic mass is 32.2. The number of carbonyl (C=O) groups is 3. The van der Waals surface area contributed by atoms with Crippen molar-refractivity contribution >= 4 is 69.9 Å². The van der Waals surface area contributed by atoms with E-state index in [-0.39, 0.29) is 48.2 Å². The normalized spacial score (nSPS) is 20.5. The van der Waals surface area contributed by atoms with Gasteiger partial charge in [-0.25, -0.2) is 19.3 Å². The van der Waals surface area contributed by atoms with Crippen LogP contribution in [-0.4, -0.2) is 148 Å². The summed E-state index contributed by atoms with van der Waals surface area (Å²) in [6, 6.07) is 0. The number of phosphoric acid groups is 3. The lowest BCUT2D eigenvalue weighted by Gasteiger charge is -2.36. The number of hydrogen-bond donors (Lipinski definition) is 6. The van der Waals surface area contributed by atoms with Gasteiger partial charge in [0.1, 0.15) is 36.3 Å². The van der Waals surface area contributed by atoms with Crippen molar-refractivity contribution in [1.82, 2.24) is 35.5 Å². The van der Waals surface area contributed by atoms with Gasteiger partial charge in [0.25, 0.3) is 15.6 Å². The van der Waals surface area contributed by atoms with Crippen molar-refractivity contribution in [2.45, 2.75) is 95.9 Å². The van der Waals surface area contributed by atoms with Crippen LogP contribution in [-0.2, 0) is 50.7 Å². The molecule has 3 heterocycles. The summed E-state index contributed by atoms with van der Waals surface area (Å²) in [5.74, 6) is -0.876. The van der Waals surface area contributed by atoms with E-state index >= 15 is 0 Å². The predicted molar refractivity (Wildman–Crippen MR) is 226 cm³/mol. The molecular weight excluding hydrogens is 943 g/mol. The molecule has 0 aliphatic carbocycles. The van der Waals surface area contributed by atoms with E-state index < -0.39 is 84.6 Å². The van der Waals surface area contributed by atoms with Crippen LogP contribution in [0.2, 0.25) is 0 Å². The Balaban J connectivity index is 1.33. The number of imidazole rings is 1. The molecule has 0 radical (unpaired) electrons. The number of nitrogens with two attached hydrogens (primary N) is 1. The second-order valence-electron chi connectivity index (χ2n) is 16.9. The Morgan fingerprint density at radius 3 is 2.22 bits per heavy atom. The molecule has 0 saturated carbocycles. The Hall–Kier alpha value is -2.68. The molecule has 372 valence electrons. The lowest BCUT2D eigenvalue weighted by Crippen LogP contribution is -2.46. The van der Waals surface area contributed by atoms with Gasteiger partial charge in [-0.3, -0.25) is 28.1 Å². The van der Waals surface area contributed by atoms with Crippen LogP contribution < -0.4 is 41.3 Å². The largest absolute Gasteiger partial charge is 0.790 e. The second kappa shape index (κ2) is 25.6. The Morgan fingerprint density at radius 2 is 1.55 bits per heavy atom. The highest BCUT2D eigenvalue weighted by molar-refractivity contribution is 7.99. The van der Waals surface area contributed by atoms with E-state index in [4.69, 9.17) is 10.5 Å². The standard InChI is InChI=1S/C35H64N9O17P3S/c1-35(2,30(48)33(49)39-15-13-25(45)38-16-18-65-20-26(46)37-14-11-9-7-6-8-10-12-17-44(3,4)5)21-58-64(55,56)61-63(53,54)57-19-24-29(60-62(50,51)52)28(47)34(59-24)43-23-42-27-31(36)40-22-41-32(27)43/h22-24,28-30,34,47-48H,6-21H2,1-5H3,(H8-,36,37,38,39,40,41,45,46,49,50,51,52,53,54,55,56)/p-3. The quantitative estimate of drug-likeness (QED) is 0.0275. The molecule has 0 spiro atoms. The summed E-state index contributed by atoms with van der Waals surface area (Å²) in [7, 11) is -11.0. The number of aliphatic hydroxyl groups is 2. The summed E-state index contributed by atoms with van der Waals surface area (Å²) >= 11 is 1.35. The average molecular weight is 1000 g/mol. The molecule has 0 bridgehead atoms. The van der Waals surface area contributed by atoms with Gasteiger partial charge >= 0.3 is 0 Å². The van der Waals surface area contributed by atoms with Gasteiger partial charge in [0.15, 0.2) is 17.7 Å². The fourth-order valence-electron chi connectivity index (χ4n) is 6.22. The number of hydrogen-bond acceptors (Lipinski definition) is 22. The maximum absolute atomic E-state index is 12.6. The third-order valence-corrected chi connectivity index (χ3v) is 13.7. The van der Waals surface area contributed by atoms with E-state index in [1.54, 1.807) is 0 Å². The molecule has 2 aromatic rings. The van der Waals surface area contributed by atoms with E-state index in [0.29, 0.717) is 12.3 Å². The number of aliphatic hydroxyl groups excluding tert-OH is 2. The average Bonchev–Trinajstić information content (AvgIpc) is 3.76. The molecule has 65 heavy (non-hydrogen) atoms. The van der Waals surface area contributed by atoms with Crippen molar-refractivity contribution in [1.29, 1.82) is 0 Å². The molecule has 1 saturated heterocycles. The number of fused-ring (bicyclic) bond motifs is 1. The number of quaternary nitrogens is 1. The minimum absolute atomic E-state index is 0.0197. The van der Waals surface area contributed by atoms with Crippen LogP contribution in [0.1, 0.15) is 71.4 Å². The van der Waals surface area contributed by atoms with E-state index in [0.717, 1.165) is 41.0 Å². The Kier molecular flexibility index (Phi) is 22.3. The number of unbranched alkanes of at least 4 members (excludes halogenated alkanes) is 6. The van der Waals surface area contributed by atoms with Gasteiger partial charge in [-0.15, -0.1) is 0 Å². The van der Waals surface area contributed by atoms with Crippen LogP contribution in [0.4, 0.5) is 5.82 Å². The Bertz CT molecular complexity index is 2010. The first-order valence-electron chi connectivity index (χ1n) is 20.7. The van der Waals surface area contributed by atoms with E-state index in [9.17, 15) is 57.9 Å². The van der Waals surface area contributed by atoms with Crippen LogP contribution in [0.25, 0.3) is 11.2 Å². The molecule has 2 aromatic heterocycles. The number of rotatable bonds is 31. The monoisotopic (exact) mass is 1000 g/mol. The van der Waals surface area contributed by atoms with Gasteiger partial charge in [-0.2, -0.15) is 11.8 Å². The van der Waals surface area contributed by atoms with Crippen molar-refractivity contribution in [2.75, 3.05) is 77.8 Å². The SMILES string of the molecule is CC(C)(COP(=O)([O-])OP(=O)([O-])OCC1OC(n2cnc3c(N)ncnc32)C(O)C1OP(=O)([O-])[O-])C(O)C(=O)NCCC(=O)NCCSCC(=O)NCCCCCCCCC[N+](C)(C)C. The first-order chi connectivity index (χ1) is 30.2. The fraction of sp³-hybridized carbons (Fsp3) is 0.771. The molecule has 7 unspecified atom stereocenters. The molecule has 1 aliphatic rings. The zero-order valence-electron chi connectivity index (χ0n) is 36.9. The summed E-state index contributed by atoms with van der Waals surface area (Å²) in [4.78, 5) is 96.6. The fourth-order valence-corrected chi connectivity index (χ4v) is 9.63.